The van der Waals surface area contributed by atoms with Crippen LogP contribution in [0, 0.1) is 12.3 Å². The van der Waals surface area contributed by atoms with Gasteiger partial charge in [0.25, 0.3) is 0 Å². The van der Waals surface area contributed by atoms with Crippen LogP contribution in [0.4, 0.5) is 0 Å². The van der Waals surface area contributed by atoms with Crippen LogP contribution < -0.4 is 10.6 Å². The van der Waals surface area contributed by atoms with Gasteiger partial charge in [-0.25, -0.2) is 9.67 Å². The Morgan fingerprint density at radius 2 is 1.83 bits per heavy atom. The molecule has 3 amide bonds. The Kier molecular flexibility index (Phi) is 12.3. The fourth-order valence-corrected chi connectivity index (χ4v) is 7.06. The van der Waals surface area contributed by atoms with Gasteiger partial charge in [-0.15, -0.1) is 16.4 Å². The van der Waals surface area contributed by atoms with Gasteiger partial charge in [-0.05, 0) is 49.1 Å². The molecule has 1 aliphatic heterocycles. The molecule has 2 N–H and O–H groups in total. The number of nitrogens with zero attached hydrogens (tertiary/aromatic N) is 5. The highest BCUT2D eigenvalue weighted by molar-refractivity contribution is 7.13. The minimum atomic E-state index is -0.813. The fourth-order valence-electron chi connectivity index (χ4n) is 6.25. The Morgan fingerprint density at radius 3 is 2.54 bits per heavy atom. The van der Waals surface area contributed by atoms with Crippen LogP contribution in [0.3, 0.4) is 0 Å². The van der Waals surface area contributed by atoms with E-state index in [0.717, 1.165) is 46.7 Å². The highest BCUT2D eigenvalue weighted by Crippen LogP contribution is 2.28. The summed E-state index contributed by atoms with van der Waals surface area (Å²) >= 11 is 1.60. The molecule has 2 atom stereocenters. The van der Waals surface area contributed by atoms with E-state index in [-0.39, 0.29) is 30.9 Å². The summed E-state index contributed by atoms with van der Waals surface area (Å²) in [5, 5.41) is 14.2. The van der Waals surface area contributed by atoms with Gasteiger partial charge in [0.05, 0.1) is 48.1 Å². The number of carbonyl (C=O) groups is 3. The van der Waals surface area contributed by atoms with Crippen LogP contribution in [0.2, 0.25) is 0 Å². The lowest BCUT2D eigenvalue weighted by Gasteiger charge is -2.35. The molecule has 1 aromatic carbocycles. The first-order valence-electron chi connectivity index (χ1n) is 17.0. The molecule has 260 valence electrons. The lowest BCUT2D eigenvalue weighted by Crippen LogP contribution is -2.58. The zero-order valence-corrected chi connectivity index (χ0v) is 29.4. The quantitative estimate of drug-likeness (QED) is 0.239. The smallest absolute Gasteiger partial charge is 0.246 e. The number of aryl methyl sites for hydroxylation is 1. The maximum Gasteiger partial charge on any atom is 0.246 e. The molecule has 1 aliphatic carbocycles. The Bertz CT molecular complexity index is 1510. The van der Waals surface area contributed by atoms with E-state index >= 15 is 0 Å². The molecule has 0 radical (unpaired) electrons. The molecule has 12 nitrogen and oxygen atoms in total. The average molecular weight is 680 g/mol. The number of aromatic nitrogens is 4. The highest BCUT2D eigenvalue weighted by Gasteiger charge is 2.41. The summed E-state index contributed by atoms with van der Waals surface area (Å²) in [5.74, 6) is -0.841. The number of ether oxygens (including phenoxy) is 2. The fraction of sp³-hybridized carbons (Fsp3) is 0.600. The van der Waals surface area contributed by atoms with Gasteiger partial charge in [0.1, 0.15) is 24.4 Å². The minimum Gasteiger partial charge on any atom is -0.372 e. The van der Waals surface area contributed by atoms with Crippen LogP contribution in [0.5, 0.6) is 0 Å². The molecule has 1 unspecified atom stereocenters. The molecule has 0 spiro atoms. The molecule has 1 saturated carbocycles. The van der Waals surface area contributed by atoms with Crippen LogP contribution in [0.15, 0.2) is 36.0 Å². The number of rotatable bonds is 14. The summed E-state index contributed by atoms with van der Waals surface area (Å²) in [5.41, 5.74) is 5.09. The van der Waals surface area contributed by atoms with E-state index in [1.165, 1.54) is 19.3 Å². The zero-order valence-electron chi connectivity index (χ0n) is 28.6. The van der Waals surface area contributed by atoms with Crippen molar-refractivity contribution in [1.29, 1.82) is 0 Å². The van der Waals surface area contributed by atoms with E-state index in [0.29, 0.717) is 38.8 Å². The standard InChI is InChI=1S/C35H49N7O5S/c1-24-31(48-23-37-24)26-14-12-25(13-15-26)19-36-33(44)29-11-8-16-42(29)34(45)32(35(2,3)4)38-30(43)22-46-18-17-41-20-27(39-40-41)21-47-28-9-6-5-7-10-28/h12-15,20,23,28-29,32H,5-11,16-19,21-22H2,1-4H3,(H,36,44)(H,38,43)/t29-,32?/m0/s1. The van der Waals surface area contributed by atoms with Crippen LogP contribution in [0.1, 0.15) is 82.7 Å². The molecule has 1 saturated heterocycles. The highest BCUT2D eigenvalue weighted by atomic mass is 32.1. The van der Waals surface area contributed by atoms with Gasteiger partial charge in [-0.3, -0.25) is 14.4 Å². The molecule has 13 heteroatoms. The average Bonchev–Trinajstić information content (AvgIpc) is 3.85. The van der Waals surface area contributed by atoms with Crippen LogP contribution in [-0.4, -0.2) is 80.5 Å². The van der Waals surface area contributed by atoms with Crippen molar-refractivity contribution in [2.45, 2.75) is 111 Å². The predicted molar refractivity (Wildman–Crippen MR) is 183 cm³/mol. The van der Waals surface area contributed by atoms with Crippen LogP contribution in [-0.2, 0) is 43.6 Å². The molecule has 5 rings (SSSR count). The van der Waals surface area contributed by atoms with Gasteiger partial charge in [0, 0.05) is 13.1 Å². The van der Waals surface area contributed by atoms with Crippen molar-refractivity contribution in [2.24, 2.45) is 5.41 Å². The van der Waals surface area contributed by atoms with Gasteiger partial charge < -0.3 is 25.0 Å². The minimum absolute atomic E-state index is 0.192. The normalized spacial score (nSPS) is 17.8. The van der Waals surface area contributed by atoms with Crippen molar-refractivity contribution < 1.29 is 23.9 Å². The Balaban J connectivity index is 1.06. The SMILES string of the molecule is Cc1ncsc1-c1ccc(CNC(=O)[C@@H]2CCCN2C(=O)C(NC(=O)COCCn2cc(COC3CCCCC3)nn2)C(C)(C)C)cc1. The predicted octanol–water partition coefficient (Wildman–Crippen LogP) is 4.41. The number of benzene rings is 1. The van der Waals surface area contributed by atoms with Gasteiger partial charge in [0.15, 0.2) is 0 Å². The monoisotopic (exact) mass is 679 g/mol. The molecule has 48 heavy (non-hydrogen) atoms. The lowest BCUT2D eigenvalue weighted by molar-refractivity contribution is -0.144. The van der Waals surface area contributed by atoms with E-state index in [4.69, 9.17) is 9.47 Å². The molecule has 3 heterocycles. The van der Waals surface area contributed by atoms with Gasteiger partial charge >= 0.3 is 0 Å². The summed E-state index contributed by atoms with van der Waals surface area (Å²) < 4.78 is 13.3. The number of carbonyl (C=O) groups excluding carboxylic acids is 3. The Labute approximate surface area is 287 Å². The summed E-state index contributed by atoms with van der Waals surface area (Å²) in [6, 6.07) is 6.66. The first kappa shape index (κ1) is 35.6. The van der Waals surface area contributed by atoms with Crippen molar-refractivity contribution >= 4 is 29.1 Å². The van der Waals surface area contributed by atoms with E-state index in [1.807, 2.05) is 63.7 Å². The second-order valence-corrected chi connectivity index (χ2v) is 14.7. The van der Waals surface area contributed by atoms with Crippen LogP contribution >= 0.6 is 11.3 Å². The van der Waals surface area contributed by atoms with Gasteiger partial charge in [-0.1, -0.05) is 69.5 Å². The summed E-state index contributed by atoms with van der Waals surface area (Å²) in [6.45, 7) is 9.46. The zero-order chi connectivity index (χ0) is 34.1. The molecule has 2 aromatic heterocycles. The van der Waals surface area contributed by atoms with E-state index < -0.39 is 17.5 Å². The molecule has 2 fully saturated rings. The Morgan fingerprint density at radius 1 is 1.06 bits per heavy atom. The number of hydrogen-bond donors (Lipinski definition) is 2. The number of hydrogen-bond acceptors (Lipinski definition) is 9. The van der Waals surface area contributed by atoms with Crippen molar-refractivity contribution in [3.8, 4) is 10.4 Å². The molecular weight excluding hydrogens is 630 g/mol. The third kappa shape index (κ3) is 9.70. The third-order valence-corrected chi connectivity index (χ3v) is 9.97. The second kappa shape index (κ2) is 16.6. The lowest BCUT2D eigenvalue weighted by atomic mass is 9.85. The van der Waals surface area contributed by atoms with Gasteiger partial charge in [-0.2, -0.15) is 0 Å². The molecule has 0 bridgehead atoms. The number of thiazole rings is 1. The van der Waals surface area contributed by atoms with E-state index in [2.05, 4.69) is 25.9 Å². The van der Waals surface area contributed by atoms with E-state index in [1.54, 1.807) is 20.9 Å². The first-order chi connectivity index (χ1) is 23.1. The van der Waals surface area contributed by atoms with Gasteiger partial charge in [0.2, 0.25) is 17.7 Å². The molecule has 3 aromatic rings. The second-order valence-electron chi connectivity index (χ2n) is 13.8. The topological polar surface area (TPSA) is 141 Å². The number of nitrogens with one attached hydrogen (secondary N) is 2. The van der Waals surface area contributed by atoms with Crippen molar-refractivity contribution in [2.75, 3.05) is 19.8 Å². The maximum atomic E-state index is 13.8. The molecular formula is C35H49N7O5S. The molecule has 2 aliphatic rings. The largest absolute Gasteiger partial charge is 0.372 e. The van der Waals surface area contributed by atoms with Crippen molar-refractivity contribution in [3.05, 3.63) is 52.9 Å². The summed E-state index contributed by atoms with van der Waals surface area (Å²) in [7, 11) is 0. The van der Waals surface area contributed by atoms with Crippen molar-refractivity contribution in [1.82, 2.24) is 35.5 Å². The maximum absolute atomic E-state index is 13.8. The summed E-state index contributed by atoms with van der Waals surface area (Å²) in [4.78, 5) is 47.1. The number of likely N-dealkylation sites (tertiary alicyclic amines) is 1. The number of amides is 3. The van der Waals surface area contributed by atoms with Crippen molar-refractivity contribution in [3.63, 3.8) is 0 Å². The Hall–Kier alpha value is -3.68. The van der Waals surface area contributed by atoms with E-state index in [9.17, 15) is 14.4 Å². The summed E-state index contributed by atoms with van der Waals surface area (Å²) in [6.07, 6.45) is 9.35. The third-order valence-electron chi connectivity index (χ3n) is 8.99. The van der Waals surface area contributed by atoms with Crippen LogP contribution in [0.25, 0.3) is 10.4 Å². The first-order valence-corrected chi connectivity index (χ1v) is 17.9.